The van der Waals surface area contributed by atoms with Crippen LogP contribution in [0.3, 0.4) is 0 Å². The number of rotatable bonds is 3. The summed E-state index contributed by atoms with van der Waals surface area (Å²) in [6.07, 6.45) is 0. The highest BCUT2D eigenvalue weighted by molar-refractivity contribution is 6.28. The number of furan rings is 1. The fourth-order valence-electron chi connectivity index (χ4n) is 11.3. The molecule has 2 heteroatoms. The Morgan fingerprint density at radius 2 is 0.871 bits per heavy atom. The molecule has 0 unspecified atom stereocenters. The minimum absolute atomic E-state index is 0.403. The van der Waals surface area contributed by atoms with Crippen LogP contribution in [-0.2, 0) is 5.41 Å². The molecule has 62 heavy (non-hydrogen) atoms. The van der Waals surface area contributed by atoms with Crippen molar-refractivity contribution in [2.75, 3.05) is 0 Å². The van der Waals surface area contributed by atoms with Crippen LogP contribution in [0, 0.1) is 0 Å². The molecule has 0 N–H and O–H groups in total. The zero-order chi connectivity index (χ0) is 40.5. The first-order chi connectivity index (χ1) is 30.7. The summed E-state index contributed by atoms with van der Waals surface area (Å²) in [5.41, 5.74) is 19.7. The number of benzene rings is 10. The summed E-state index contributed by atoms with van der Waals surface area (Å²) in [5, 5.41) is 8.04. The van der Waals surface area contributed by atoms with Crippen molar-refractivity contribution >= 4 is 54.4 Å². The minimum Gasteiger partial charge on any atom is -0.456 e. The van der Waals surface area contributed by atoms with Crippen LogP contribution in [0.25, 0.3) is 110 Å². The standard InChI is InChI=1S/C60H35NO/c1-2-14-37-33-40(26-25-36(37)13-1)59-49-31-32-56-58(48-20-8-12-24-55(48)62-56)57(49)47-30-28-39(35-54(47)61-59)42-16-4-3-15-41(42)38-27-29-46-45-19-7-11-23-52(45)60(53(46)34-38)50-21-9-5-17-43(50)44-18-6-10-22-51(44)60/h1-35H. The van der Waals surface area contributed by atoms with Crippen molar-refractivity contribution in [2.45, 2.75) is 5.41 Å². The highest BCUT2D eigenvalue weighted by Gasteiger charge is 2.51. The van der Waals surface area contributed by atoms with Crippen molar-refractivity contribution in [1.82, 2.24) is 4.98 Å². The highest BCUT2D eigenvalue weighted by Crippen LogP contribution is 2.63. The van der Waals surface area contributed by atoms with Crippen LogP contribution in [0.1, 0.15) is 22.3 Å². The fraction of sp³-hybridized carbons (Fsp3) is 0.0167. The lowest BCUT2D eigenvalue weighted by Gasteiger charge is -2.30. The van der Waals surface area contributed by atoms with Crippen LogP contribution in [0.2, 0.25) is 0 Å². The van der Waals surface area contributed by atoms with Gasteiger partial charge in [-0.15, -0.1) is 0 Å². The number of hydrogen-bond acceptors (Lipinski definition) is 2. The number of pyridine rings is 1. The number of fused-ring (bicyclic) bond motifs is 18. The van der Waals surface area contributed by atoms with Gasteiger partial charge >= 0.3 is 0 Å². The Morgan fingerprint density at radius 3 is 1.60 bits per heavy atom. The van der Waals surface area contributed by atoms with Gasteiger partial charge in [0.15, 0.2) is 0 Å². The Bertz CT molecular complexity index is 3820. The maximum Gasteiger partial charge on any atom is 0.136 e. The number of aromatic nitrogens is 1. The van der Waals surface area contributed by atoms with Crippen LogP contribution in [0.4, 0.5) is 0 Å². The average molecular weight is 786 g/mol. The second-order valence-electron chi connectivity index (χ2n) is 16.9. The molecule has 2 nitrogen and oxygen atoms in total. The summed E-state index contributed by atoms with van der Waals surface area (Å²) in [4.78, 5) is 5.57. The van der Waals surface area contributed by atoms with Gasteiger partial charge in [-0.2, -0.15) is 0 Å². The third-order valence-corrected chi connectivity index (χ3v) is 13.9. The van der Waals surface area contributed by atoms with Gasteiger partial charge in [-0.3, -0.25) is 0 Å². The smallest absolute Gasteiger partial charge is 0.136 e. The summed E-state index contributed by atoms with van der Waals surface area (Å²) < 4.78 is 6.48. The van der Waals surface area contributed by atoms with Crippen molar-refractivity contribution in [3.63, 3.8) is 0 Å². The van der Waals surface area contributed by atoms with E-state index in [0.717, 1.165) is 55.0 Å². The van der Waals surface area contributed by atoms with Gasteiger partial charge in [0.05, 0.1) is 16.6 Å². The maximum absolute atomic E-state index is 6.48. The van der Waals surface area contributed by atoms with Gasteiger partial charge in [0.1, 0.15) is 11.2 Å². The number of hydrogen-bond donors (Lipinski definition) is 0. The van der Waals surface area contributed by atoms with Crippen molar-refractivity contribution in [3.8, 4) is 55.8 Å². The molecular weight excluding hydrogens is 751 g/mol. The summed E-state index contributed by atoms with van der Waals surface area (Å²) >= 11 is 0. The van der Waals surface area contributed by atoms with Crippen molar-refractivity contribution in [2.24, 2.45) is 0 Å². The predicted octanol–water partition coefficient (Wildman–Crippen LogP) is 15.8. The van der Waals surface area contributed by atoms with Crippen LogP contribution in [0.5, 0.6) is 0 Å². The summed E-state index contributed by atoms with van der Waals surface area (Å²) in [5.74, 6) is 0. The first kappa shape index (κ1) is 33.7. The fourth-order valence-corrected chi connectivity index (χ4v) is 11.3. The Kier molecular flexibility index (Phi) is 6.79. The van der Waals surface area contributed by atoms with Crippen LogP contribution in [-0.4, -0.2) is 4.98 Å². The predicted molar refractivity (Wildman–Crippen MR) is 257 cm³/mol. The van der Waals surface area contributed by atoms with E-state index >= 15 is 0 Å². The van der Waals surface area contributed by atoms with E-state index in [0.29, 0.717) is 0 Å². The first-order valence-corrected chi connectivity index (χ1v) is 21.4. The largest absolute Gasteiger partial charge is 0.456 e. The Morgan fingerprint density at radius 1 is 0.323 bits per heavy atom. The van der Waals surface area contributed by atoms with Gasteiger partial charge in [0.25, 0.3) is 0 Å². The SMILES string of the molecule is c1ccc(-c2ccc3c(c2)nc(-c2ccc4ccccc4c2)c2ccc4oc5ccccc5c4c23)c(-c2ccc3c(c2)C2(c4ccccc4-c4ccccc42)c2ccccc2-3)c1. The minimum atomic E-state index is -0.403. The summed E-state index contributed by atoms with van der Waals surface area (Å²) in [7, 11) is 0. The Hall–Kier alpha value is -8.07. The quantitative estimate of drug-likeness (QED) is 0.167. The van der Waals surface area contributed by atoms with E-state index in [9.17, 15) is 0 Å². The van der Waals surface area contributed by atoms with Crippen LogP contribution >= 0.6 is 0 Å². The molecule has 2 heterocycles. The van der Waals surface area contributed by atoms with E-state index in [2.05, 4.69) is 206 Å². The van der Waals surface area contributed by atoms with Gasteiger partial charge in [0.2, 0.25) is 0 Å². The summed E-state index contributed by atoms with van der Waals surface area (Å²) in [6.45, 7) is 0. The second kappa shape index (κ2) is 12.5. The van der Waals surface area contributed by atoms with Crippen molar-refractivity contribution < 1.29 is 4.42 Å². The number of nitrogens with zero attached hydrogens (tertiary/aromatic N) is 1. The molecule has 1 spiro atoms. The van der Waals surface area contributed by atoms with Crippen LogP contribution in [0.15, 0.2) is 217 Å². The maximum atomic E-state index is 6.48. The molecule has 0 radical (unpaired) electrons. The molecule has 14 rings (SSSR count). The molecule has 2 aromatic heterocycles. The molecule has 0 saturated heterocycles. The van der Waals surface area contributed by atoms with Gasteiger partial charge in [-0.05, 0) is 114 Å². The van der Waals surface area contributed by atoms with Crippen molar-refractivity contribution in [3.05, 3.63) is 235 Å². The molecular formula is C60H35NO. The average Bonchev–Trinajstić information content (AvgIpc) is 3.97. The molecule has 0 bridgehead atoms. The molecule has 0 amide bonds. The summed E-state index contributed by atoms with van der Waals surface area (Å²) in [6, 6.07) is 77.9. The lowest BCUT2D eigenvalue weighted by Crippen LogP contribution is -2.25. The third kappa shape index (κ3) is 4.45. The topological polar surface area (TPSA) is 26.0 Å². The third-order valence-electron chi connectivity index (χ3n) is 13.9. The molecule has 2 aliphatic rings. The Balaban J connectivity index is 1.00. The van der Waals surface area contributed by atoms with Crippen molar-refractivity contribution in [1.29, 1.82) is 0 Å². The van der Waals surface area contributed by atoms with Gasteiger partial charge in [-0.1, -0.05) is 176 Å². The molecule has 0 aliphatic heterocycles. The first-order valence-electron chi connectivity index (χ1n) is 21.4. The lowest BCUT2D eigenvalue weighted by atomic mass is 9.70. The van der Waals surface area contributed by atoms with Gasteiger partial charge < -0.3 is 4.42 Å². The van der Waals surface area contributed by atoms with E-state index in [1.807, 2.05) is 6.07 Å². The highest BCUT2D eigenvalue weighted by atomic mass is 16.3. The molecule has 0 fully saturated rings. The normalized spacial score (nSPS) is 13.3. The molecule has 2 aliphatic carbocycles. The van der Waals surface area contributed by atoms with Crippen LogP contribution < -0.4 is 0 Å². The van der Waals surface area contributed by atoms with Gasteiger partial charge in [-0.25, -0.2) is 4.98 Å². The van der Waals surface area contributed by atoms with E-state index in [-0.39, 0.29) is 0 Å². The number of para-hydroxylation sites is 1. The molecule has 286 valence electrons. The monoisotopic (exact) mass is 785 g/mol. The second-order valence-corrected chi connectivity index (χ2v) is 16.9. The van der Waals surface area contributed by atoms with Gasteiger partial charge in [0, 0.05) is 32.5 Å². The zero-order valence-electron chi connectivity index (χ0n) is 33.6. The molecule has 10 aromatic carbocycles. The molecule has 12 aromatic rings. The van der Waals surface area contributed by atoms with E-state index < -0.39 is 5.41 Å². The van der Waals surface area contributed by atoms with E-state index in [1.165, 1.54) is 77.4 Å². The Labute approximate surface area is 358 Å². The molecule has 0 atom stereocenters. The molecule has 0 saturated carbocycles. The van der Waals surface area contributed by atoms with E-state index in [4.69, 9.17) is 9.40 Å². The lowest BCUT2D eigenvalue weighted by molar-refractivity contribution is 0.669. The zero-order valence-corrected chi connectivity index (χ0v) is 33.6. The van der Waals surface area contributed by atoms with E-state index in [1.54, 1.807) is 0 Å².